The molecule has 0 aliphatic heterocycles. The molecule has 1 aromatic heterocycles. The van der Waals surface area contributed by atoms with Gasteiger partial charge in [0, 0.05) is 37.0 Å². The van der Waals surface area contributed by atoms with E-state index in [1.54, 1.807) is 18.4 Å². The van der Waals surface area contributed by atoms with E-state index in [0.717, 1.165) is 41.7 Å². The maximum absolute atomic E-state index is 11.7. The quantitative estimate of drug-likeness (QED) is 0.481. The van der Waals surface area contributed by atoms with Gasteiger partial charge in [0.05, 0.1) is 17.2 Å². The van der Waals surface area contributed by atoms with Crippen molar-refractivity contribution >= 4 is 23.2 Å². The molecule has 0 spiro atoms. The van der Waals surface area contributed by atoms with Crippen LogP contribution in [0.25, 0.3) is 0 Å². The van der Waals surface area contributed by atoms with E-state index in [-0.39, 0.29) is 5.91 Å². The number of guanidine groups is 1. The van der Waals surface area contributed by atoms with Crippen LogP contribution in [0.15, 0.2) is 34.6 Å². The van der Waals surface area contributed by atoms with E-state index in [0.29, 0.717) is 18.0 Å². The molecule has 2 aromatic rings. The largest absolute Gasteiger partial charge is 0.357 e. The van der Waals surface area contributed by atoms with Gasteiger partial charge in [-0.1, -0.05) is 26.0 Å². The lowest BCUT2D eigenvalue weighted by Crippen LogP contribution is -2.38. The third kappa shape index (κ3) is 6.67. The molecule has 0 aliphatic carbocycles. The van der Waals surface area contributed by atoms with Gasteiger partial charge in [-0.05, 0) is 31.0 Å². The second kappa shape index (κ2) is 10.7. The molecule has 0 unspecified atom stereocenters. The summed E-state index contributed by atoms with van der Waals surface area (Å²) in [6, 6.07) is 7.68. The SMILES string of the molecule is CCNC(=NCc1csc(C(C)C)n1)NCCc1cccc(C(=O)NC)c1. The van der Waals surface area contributed by atoms with Crippen LogP contribution in [0, 0.1) is 0 Å². The van der Waals surface area contributed by atoms with Crippen molar-refractivity contribution in [1.29, 1.82) is 0 Å². The third-order valence-electron chi connectivity index (χ3n) is 3.93. The van der Waals surface area contributed by atoms with Crippen molar-refractivity contribution in [3.05, 3.63) is 51.5 Å². The number of nitrogens with one attached hydrogen (secondary N) is 3. The molecular formula is C20H29N5OS. The molecule has 3 N–H and O–H groups in total. The number of carbonyl (C=O) groups is 1. The van der Waals surface area contributed by atoms with Crippen molar-refractivity contribution in [2.75, 3.05) is 20.1 Å². The average Bonchev–Trinajstić information content (AvgIpc) is 3.15. The van der Waals surface area contributed by atoms with E-state index in [1.165, 1.54) is 0 Å². The zero-order valence-electron chi connectivity index (χ0n) is 16.5. The van der Waals surface area contributed by atoms with Gasteiger partial charge in [-0.25, -0.2) is 9.98 Å². The molecule has 146 valence electrons. The van der Waals surface area contributed by atoms with Crippen LogP contribution in [-0.2, 0) is 13.0 Å². The summed E-state index contributed by atoms with van der Waals surface area (Å²) in [6.07, 6.45) is 0.809. The summed E-state index contributed by atoms with van der Waals surface area (Å²) in [5.74, 6) is 1.16. The van der Waals surface area contributed by atoms with Gasteiger partial charge in [-0.15, -0.1) is 11.3 Å². The maximum Gasteiger partial charge on any atom is 0.251 e. The van der Waals surface area contributed by atoms with Gasteiger partial charge in [0.2, 0.25) is 0 Å². The lowest BCUT2D eigenvalue weighted by atomic mass is 10.1. The number of benzene rings is 1. The highest BCUT2D eigenvalue weighted by Crippen LogP contribution is 2.19. The van der Waals surface area contributed by atoms with Crippen LogP contribution in [0.3, 0.4) is 0 Å². The van der Waals surface area contributed by atoms with E-state index in [1.807, 2.05) is 31.2 Å². The van der Waals surface area contributed by atoms with Gasteiger partial charge in [0.25, 0.3) is 5.91 Å². The Morgan fingerprint density at radius 3 is 2.78 bits per heavy atom. The summed E-state index contributed by atoms with van der Waals surface area (Å²) in [5.41, 5.74) is 2.79. The van der Waals surface area contributed by atoms with Crippen molar-refractivity contribution in [1.82, 2.24) is 20.9 Å². The van der Waals surface area contributed by atoms with E-state index in [2.05, 4.69) is 45.2 Å². The first-order valence-electron chi connectivity index (χ1n) is 9.31. The van der Waals surface area contributed by atoms with E-state index in [9.17, 15) is 4.79 Å². The number of hydrogen-bond acceptors (Lipinski definition) is 4. The average molecular weight is 388 g/mol. The fourth-order valence-corrected chi connectivity index (χ4v) is 3.33. The lowest BCUT2D eigenvalue weighted by Gasteiger charge is -2.11. The Morgan fingerprint density at radius 1 is 1.30 bits per heavy atom. The van der Waals surface area contributed by atoms with Crippen LogP contribution in [0.1, 0.15) is 53.3 Å². The highest BCUT2D eigenvalue weighted by Gasteiger charge is 2.06. The van der Waals surface area contributed by atoms with Gasteiger partial charge in [0.15, 0.2) is 5.96 Å². The number of aromatic nitrogens is 1. The number of nitrogens with zero attached hydrogens (tertiary/aromatic N) is 2. The molecule has 0 fully saturated rings. The summed E-state index contributed by atoms with van der Waals surface area (Å²) in [5, 5.41) is 12.5. The van der Waals surface area contributed by atoms with Gasteiger partial charge in [-0.3, -0.25) is 4.79 Å². The minimum atomic E-state index is -0.0660. The molecule has 0 saturated heterocycles. The number of thiazole rings is 1. The van der Waals surface area contributed by atoms with E-state index >= 15 is 0 Å². The zero-order valence-corrected chi connectivity index (χ0v) is 17.3. The molecule has 27 heavy (non-hydrogen) atoms. The number of aliphatic imine (C=N–C) groups is 1. The van der Waals surface area contributed by atoms with Crippen LogP contribution >= 0.6 is 11.3 Å². The Hall–Kier alpha value is -2.41. The van der Waals surface area contributed by atoms with Gasteiger partial charge in [-0.2, -0.15) is 0 Å². The molecule has 1 amide bonds. The molecular weight excluding hydrogens is 358 g/mol. The molecule has 0 bridgehead atoms. The molecule has 0 saturated carbocycles. The molecule has 0 radical (unpaired) electrons. The van der Waals surface area contributed by atoms with Crippen molar-refractivity contribution in [3.8, 4) is 0 Å². The van der Waals surface area contributed by atoms with Crippen LogP contribution < -0.4 is 16.0 Å². The second-order valence-electron chi connectivity index (χ2n) is 6.48. The predicted molar refractivity (Wildman–Crippen MR) is 113 cm³/mol. The van der Waals surface area contributed by atoms with Crippen molar-refractivity contribution in [3.63, 3.8) is 0 Å². The van der Waals surface area contributed by atoms with Crippen LogP contribution in [0.4, 0.5) is 0 Å². The summed E-state index contributed by atoms with van der Waals surface area (Å²) in [6.45, 7) is 8.44. The van der Waals surface area contributed by atoms with Crippen molar-refractivity contribution < 1.29 is 4.79 Å². The van der Waals surface area contributed by atoms with Crippen molar-refractivity contribution in [2.45, 2.75) is 39.7 Å². The number of rotatable bonds is 8. The Balaban J connectivity index is 1.91. The van der Waals surface area contributed by atoms with Gasteiger partial charge >= 0.3 is 0 Å². The molecule has 7 heteroatoms. The fraction of sp³-hybridized carbons (Fsp3) is 0.450. The Kier molecular flexibility index (Phi) is 8.26. The highest BCUT2D eigenvalue weighted by molar-refractivity contribution is 7.09. The highest BCUT2D eigenvalue weighted by atomic mass is 32.1. The van der Waals surface area contributed by atoms with Crippen LogP contribution in [0.5, 0.6) is 0 Å². The molecule has 6 nitrogen and oxygen atoms in total. The van der Waals surface area contributed by atoms with Gasteiger partial charge in [0.1, 0.15) is 0 Å². The van der Waals surface area contributed by atoms with Crippen LogP contribution in [0.2, 0.25) is 0 Å². The zero-order chi connectivity index (χ0) is 19.6. The second-order valence-corrected chi connectivity index (χ2v) is 7.37. The number of hydrogen-bond donors (Lipinski definition) is 3. The molecule has 2 rings (SSSR count). The minimum absolute atomic E-state index is 0.0660. The van der Waals surface area contributed by atoms with Crippen molar-refractivity contribution in [2.24, 2.45) is 4.99 Å². The molecule has 0 atom stereocenters. The topological polar surface area (TPSA) is 78.4 Å². The molecule has 0 aliphatic rings. The monoisotopic (exact) mass is 387 g/mol. The minimum Gasteiger partial charge on any atom is -0.357 e. The first-order valence-corrected chi connectivity index (χ1v) is 10.2. The third-order valence-corrected chi connectivity index (χ3v) is 5.12. The summed E-state index contributed by atoms with van der Waals surface area (Å²) in [4.78, 5) is 21.0. The number of carbonyl (C=O) groups excluding carboxylic acids is 1. The smallest absolute Gasteiger partial charge is 0.251 e. The number of amides is 1. The normalized spacial score (nSPS) is 11.5. The fourth-order valence-electron chi connectivity index (χ4n) is 2.50. The molecule has 1 aromatic carbocycles. The summed E-state index contributed by atoms with van der Waals surface area (Å²) >= 11 is 1.69. The first-order chi connectivity index (χ1) is 13.0. The van der Waals surface area contributed by atoms with Gasteiger partial charge < -0.3 is 16.0 Å². The van der Waals surface area contributed by atoms with E-state index in [4.69, 9.17) is 0 Å². The standard InChI is InChI=1S/C20H29N5OS/c1-5-22-20(24-12-17-13-27-19(25-17)14(2)3)23-10-9-15-7-6-8-16(11-15)18(26)21-4/h6-8,11,13-14H,5,9-10,12H2,1-4H3,(H,21,26)(H2,22,23,24). The predicted octanol–water partition coefficient (Wildman–Crippen LogP) is 2.92. The maximum atomic E-state index is 11.7. The van der Waals surface area contributed by atoms with E-state index < -0.39 is 0 Å². The lowest BCUT2D eigenvalue weighted by molar-refractivity contribution is 0.0963. The summed E-state index contributed by atoms with van der Waals surface area (Å²) < 4.78 is 0. The molecule has 1 heterocycles. The van der Waals surface area contributed by atoms with Crippen LogP contribution in [-0.4, -0.2) is 37.0 Å². The Morgan fingerprint density at radius 2 is 2.11 bits per heavy atom. The first kappa shape index (κ1) is 20.9. The summed E-state index contributed by atoms with van der Waals surface area (Å²) in [7, 11) is 1.64. The Bertz CT molecular complexity index is 769. The Labute approximate surface area is 165 Å².